The van der Waals surface area contributed by atoms with Crippen LogP contribution in [0, 0.1) is 19.3 Å². The molecule has 0 radical (unpaired) electrons. The Bertz CT molecular complexity index is 350. The molecule has 1 saturated carbocycles. The van der Waals surface area contributed by atoms with Gasteiger partial charge in [-0.15, -0.1) is 0 Å². The molecule has 1 aromatic carbocycles. The smallest absolute Gasteiger partial charge is 0.0349 e. The molecule has 1 nitrogen and oxygen atoms in total. The van der Waals surface area contributed by atoms with Gasteiger partial charge < -0.3 is 5.73 Å². The summed E-state index contributed by atoms with van der Waals surface area (Å²) in [4.78, 5) is 0. The van der Waals surface area contributed by atoms with Gasteiger partial charge in [0.25, 0.3) is 0 Å². The molecule has 1 atom stereocenters. The largest absolute Gasteiger partial charge is 0.323 e. The van der Waals surface area contributed by atoms with Gasteiger partial charge in [-0.05, 0) is 48.8 Å². The van der Waals surface area contributed by atoms with Crippen molar-refractivity contribution in [3.05, 3.63) is 34.9 Å². The molecule has 1 heteroatoms. The molecule has 0 heterocycles. The lowest BCUT2D eigenvalue weighted by Crippen LogP contribution is -2.20. The van der Waals surface area contributed by atoms with Crippen LogP contribution in [0.5, 0.6) is 0 Å². The number of rotatable bonds is 2. The average Bonchev–Trinajstić information content (AvgIpc) is 2.89. The van der Waals surface area contributed by atoms with E-state index in [1.807, 2.05) is 0 Å². The minimum absolute atomic E-state index is 0.224. The van der Waals surface area contributed by atoms with Crippen LogP contribution in [0.25, 0.3) is 0 Å². The van der Waals surface area contributed by atoms with E-state index < -0.39 is 0 Å². The van der Waals surface area contributed by atoms with Crippen LogP contribution in [0.2, 0.25) is 0 Å². The van der Waals surface area contributed by atoms with Crippen molar-refractivity contribution in [2.45, 2.75) is 39.7 Å². The third-order valence-corrected chi connectivity index (χ3v) is 3.68. The highest BCUT2D eigenvalue weighted by atomic mass is 14.7. The predicted octanol–water partition coefficient (Wildman–Crippen LogP) is 3.10. The van der Waals surface area contributed by atoms with Gasteiger partial charge in [0.05, 0.1) is 0 Å². The first-order valence-corrected chi connectivity index (χ1v) is 5.36. The Kier molecular flexibility index (Phi) is 2.15. The van der Waals surface area contributed by atoms with Gasteiger partial charge >= 0.3 is 0 Å². The molecule has 0 aliphatic heterocycles. The van der Waals surface area contributed by atoms with E-state index in [0.717, 1.165) is 0 Å². The fourth-order valence-electron chi connectivity index (χ4n) is 1.87. The molecule has 0 spiro atoms. The van der Waals surface area contributed by atoms with Crippen molar-refractivity contribution < 1.29 is 0 Å². The molecule has 2 rings (SSSR count). The normalized spacial score (nSPS) is 20.6. The first-order valence-electron chi connectivity index (χ1n) is 5.36. The van der Waals surface area contributed by atoms with Crippen LogP contribution in [-0.4, -0.2) is 0 Å². The SMILES string of the molecule is Cc1ccc(C(N)C2(C)CC2)cc1C. The van der Waals surface area contributed by atoms with E-state index >= 15 is 0 Å². The fourth-order valence-corrected chi connectivity index (χ4v) is 1.87. The van der Waals surface area contributed by atoms with Gasteiger partial charge in [0, 0.05) is 6.04 Å². The lowest BCUT2D eigenvalue weighted by molar-refractivity contribution is 0.451. The maximum Gasteiger partial charge on any atom is 0.0349 e. The summed E-state index contributed by atoms with van der Waals surface area (Å²) in [5, 5.41) is 0. The van der Waals surface area contributed by atoms with Crippen molar-refractivity contribution in [2.24, 2.45) is 11.1 Å². The van der Waals surface area contributed by atoms with Crippen LogP contribution in [0.15, 0.2) is 18.2 Å². The molecular weight excluding hydrogens is 170 g/mol. The Morgan fingerprint density at radius 1 is 1.21 bits per heavy atom. The van der Waals surface area contributed by atoms with Gasteiger partial charge in [0.2, 0.25) is 0 Å². The number of hydrogen-bond acceptors (Lipinski definition) is 1. The van der Waals surface area contributed by atoms with E-state index in [1.54, 1.807) is 0 Å². The third-order valence-electron chi connectivity index (χ3n) is 3.68. The molecule has 14 heavy (non-hydrogen) atoms. The van der Waals surface area contributed by atoms with Crippen molar-refractivity contribution in [3.8, 4) is 0 Å². The third kappa shape index (κ3) is 1.57. The highest BCUT2D eigenvalue weighted by Crippen LogP contribution is 2.53. The second-order valence-corrected chi connectivity index (χ2v) is 4.98. The molecule has 0 bridgehead atoms. The Labute approximate surface area is 86.3 Å². The van der Waals surface area contributed by atoms with Crippen molar-refractivity contribution in [3.63, 3.8) is 0 Å². The summed E-state index contributed by atoms with van der Waals surface area (Å²) >= 11 is 0. The van der Waals surface area contributed by atoms with E-state index in [0.29, 0.717) is 5.41 Å². The molecule has 2 N–H and O–H groups in total. The minimum atomic E-state index is 0.224. The maximum absolute atomic E-state index is 6.25. The zero-order valence-corrected chi connectivity index (χ0v) is 9.30. The molecule has 1 fully saturated rings. The van der Waals surface area contributed by atoms with E-state index in [-0.39, 0.29) is 6.04 Å². The highest BCUT2D eigenvalue weighted by Gasteiger charge is 2.43. The van der Waals surface area contributed by atoms with Crippen molar-refractivity contribution >= 4 is 0 Å². The molecule has 1 aliphatic carbocycles. The fraction of sp³-hybridized carbons (Fsp3) is 0.538. The molecule has 0 saturated heterocycles. The number of nitrogens with two attached hydrogens (primary N) is 1. The summed E-state index contributed by atoms with van der Waals surface area (Å²) in [7, 11) is 0. The van der Waals surface area contributed by atoms with Crippen molar-refractivity contribution in [1.29, 1.82) is 0 Å². The molecule has 0 aromatic heterocycles. The van der Waals surface area contributed by atoms with E-state index in [9.17, 15) is 0 Å². The standard InChI is InChI=1S/C13H19N/c1-9-4-5-11(8-10(9)2)12(14)13(3)6-7-13/h4-5,8,12H,6-7,14H2,1-3H3. The monoisotopic (exact) mass is 189 g/mol. The van der Waals surface area contributed by atoms with Crippen LogP contribution < -0.4 is 5.73 Å². The van der Waals surface area contributed by atoms with E-state index in [2.05, 4.69) is 39.0 Å². The zero-order valence-electron chi connectivity index (χ0n) is 9.30. The van der Waals surface area contributed by atoms with Gasteiger partial charge in [-0.1, -0.05) is 25.1 Å². The molecule has 1 aromatic rings. The molecule has 0 amide bonds. The summed E-state index contributed by atoms with van der Waals surface area (Å²) in [5.41, 5.74) is 10.6. The van der Waals surface area contributed by atoms with Gasteiger partial charge in [-0.25, -0.2) is 0 Å². The maximum atomic E-state index is 6.25. The van der Waals surface area contributed by atoms with E-state index in [4.69, 9.17) is 5.73 Å². The highest BCUT2D eigenvalue weighted by molar-refractivity contribution is 5.33. The number of hydrogen-bond donors (Lipinski definition) is 1. The van der Waals surface area contributed by atoms with Crippen LogP contribution in [-0.2, 0) is 0 Å². The lowest BCUT2D eigenvalue weighted by atomic mass is 9.91. The molecular formula is C13H19N. The van der Waals surface area contributed by atoms with Gasteiger partial charge in [-0.3, -0.25) is 0 Å². The summed E-state index contributed by atoms with van der Waals surface area (Å²) in [6.07, 6.45) is 2.56. The van der Waals surface area contributed by atoms with Gasteiger partial charge in [-0.2, -0.15) is 0 Å². The number of benzene rings is 1. The first kappa shape index (κ1) is 9.72. The summed E-state index contributed by atoms with van der Waals surface area (Å²) < 4.78 is 0. The quantitative estimate of drug-likeness (QED) is 0.760. The van der Waals surface area contributed by atoms with Crippen molar-refractivity contribution in [1.82, 2.24) is 0 Å². The molecule has 1 unspecified atom stereocenters. The zero-order chi connectivity index (χ0) is 10.3. The second kappa shape index (κ2) is 3.09. The summed E-state index contributed by atoms with van der Waals surface area (Å²) in [6.45, 7) is 6.58. The van der Waals surface area contributed by atoms with Gasteiger partial charge in [0.1, 0.15) is 0 Å². The number of aryl methyl sites for hydroxylation is 2. The van der Waals surface area contributed by atoms with E-state index in [1.165, 1.54) is 29.5 Å². The molecule has 76 valence electrons. The lowest BCUT2D eigenvalue weighted by Gasteiger charge is -2.20. The van der Waals surface area contributed by atoms with Gasteiger partial charge in [0.15, 0.2) is 0 Å². The topological polar surface area (TPSA) is 26.0 Å². The molecule has 1 aliphatic rings. The Morgan fingerprint density at radius 3 is 2.36 bits per heavy atom. The van der Waals surface area contributed by atoms with Crippen molar-refractivity contribution in [2.75, 3.05) is 0 Å². The average molecular weight is 189 g/mol. The van der Waals surface area contributed by atoms with Crippen LogP contribution in [0.3, 0.4) is 0 Å². The Morgan fingerprint density at radius 2 is 1.86 bits per heavy atom. The second-order valence-electron chi connectivity index (χ2n) is 4.98. The van der Waals surface area contributed by atoms with Crippen LogP contribution in [0.1, 0.15) is 42.5 Å². The Hall–Kier alpha value is -0.820. The minimum Gasteiger partial charge on any atom is -0.323 e. The first-order chi connectivity index (χ1) is 6.53. The van der Waals surface area contributed by atoms with Crippen LogP contribution >= 0.6 is 0 Å². The predicted molar refractivity (Wildman–Crippen MR) is 60.2 cm³/mol. The summed E-state index contributed by atoms with van der Waals surface area (Å²) in [5.74, 6) is 0. The summed E-state index contributed by atoms with van der Waals surface area (Å²) in [6, 6.07) is 6.82. The van der Waals surface area contributed by atoms with Crippen LogP contribution in [0.4, 0.5) is 0 Å². The Balaban J connectivity index is 2.28.